The molecule has 2 rings (SSSR count). The molecule has 2 aromatic rings. The van der Waals surface area contributed by atoms with Crippen LogP contribution in [0.2, 0.25) is 0 Å². The van der Waals surface area contributed by atoms with Gasteiger partial charge in [-0.2, -0.15) is 5.10 Å². The summed E-state index contributed by atoms with van der Waals surface area (Å²) in [5, 5.41) is 8.02. The Hall–Kier alpha value is -2.41. The van der Waals surface area contributed by atoms with Gasteiger partial charge in [0.25, 0.3) is 0 Å². The minimum absolute atomic E-state index is 0.323. The summed E-state index contributed by atoms with van der Waals surface area (Å²) in [4.78, 5) is 13.6. The van der Waals surface area contributed by atoms with E-state index in [9.17, 15) is 4.79 Å². The average Bonchev–Trinajstić information content (AvgIpc) is 3.02. The quantitative estimate of drug-likeness (QED) is 0.641. The first-order valence-electron chi connectivity index (χ1n) is 7.85. The highest BCUT2D eigenvalue weighted by molar-refractivity contribution is 7.80. The molecule has 0 atom stereocenters. The first kappa shape index (κ1) is 17.9. The van der Waals surface area contributed by atoms with E-state index in [-0.39, 0.29) is 5.97 Å². The monoisotopic (exact) mass is 346 g/mol. The number of carbonyl (C=O) groups is 1. The Morgan fingerprint density at radius 2 is 2.00 bits per heavy atom. The number of ether oxygens (including phenoxy) is 1. The van der Waals surface area contributed by atoms with Crippen molar-refractivity contribution in [3.8, 4) is 0 Å². The standard InChI is InChI=1S/C17H22N4O2S/c1-4-21-15(10-11-18-21)12-20(3)17(24)19-14-8-6-13(7-9-14)16(22)23-5-2/h6-11H,4-5,12H2,1-3H3,(H,19,24). The lowest BCUT2D eigenvalue weighted by molar-refractivity contribution is 0.0526. The molecule has 0 unspecified atom stereocenters. The second-order valence-electron chi connectivity index (χ2n) is 5.22. The topological polar surface area (TPSA) is 59.4 Å². The lowest BCUT2D eigenvalue weighted by Gasteiger charge is -2.21. The van der Waals surface area contributed by atoms with Gasteiger partial charge < -0.3 is 15.0 Å². The van der Waals surface area contributed by atoms with E-state index < -0.39 is 0 Å². The van der Waals surface area contributed by atoms with Crippen LogP contribution in [0, 0.1) is 0 Å². The number of benzene rings is 1. The fourth-order valence-corrected chi connectivity index (χ4v) is 2.40. The number of hydrogen-bond donors (Lipinski definition) is 1. The zero-order valence-corrected chi connectivity index (χ0v) is 15.0. The number of aryl methyl sites for hydroxylation is 1. The van der Waals surface area contributed by atoms with Crippen LogP contribution in [0.4, 0.5) is 5.69 Å². The summed E-state index contributed by atoms with van der Waals surface area (Å²) >= 11 is 5.43. The van der Waals surface area contributed by atoms with Crippen molar-refractivity contribution in [1.29, 1.82) is 0 Å². The first-order valence-corrected chi connectivity index (χ1v) is 8.26. The average molecular weight is 346 g/mol. The molecular weight excluding hydrogens is 324 g/mol. The number of rotatable bonds is 6. The van der Waals surface area contributed by atoms with Gasteiger partial charge in [-0.3, -0.25) is 4.68 Å². The van der Waals surface area contributed by atoms with Crippen molar-refractivity contribution in [2.75, 3.05) is 19.0 Å². The summed E-state index contributed by atoms with van der Waals surface area (Å²) in [6, 6.07) is 9.03. The lowest BCUT2D eigenvalue weighted by Crippen LogP contribution is -2.31. The number of aromatic nitrogens is 2. The molecule has 0 saturated carbocycles. The van der Waals surface area contributed by atoms with Crippen molar-refractivity contribution in [3.05, 3.63) is 47.8 Å². The maximum absolute atomic E-state index is 11.6. The van der Waals surface area contributed by atoms with Gasteiger partial charge in [-0.25, -0.2) is 4.79 Å². The van der Waals surface area contributed by atoms with Crippen LogP contribution in [0.5, 0.6) is 0 Å². The van der Waals surface area contributed by atoms with Gasteiger partial charge >= 0.3 is 5.97 Å². The van der Waals surface area contributed by atoms with Crippen LogP contribution in [0.15, 0.2) is 36.5 Å². The SMILES string of the molecule is CCOC(=O)c1ccc(NC(=S)N(C)Cc2ccnn2CC)cc1. The fourth-order valence-electron chi connectivity index (χ4n) is 2.22. The molecule has 6 nitrogen and oxygen atoms in total. The molecule has 1 aromatic carbocycles. The van der Waals surface area contributed by atoms with Gasteiger partial charge in [-0.1, -0.05) is 0 Å². The molecule has 0 radical (unpaired) electrons. The van der Waals surface area contributed by atoms with Gasteiger partial charge in [-0.05, 0) is 56.4 Å². The second-order valence-corrected chi connectivity index (χ2v) is 5.61. The summed E-state index contributed by atoms with van der Waals surface area (Å²) in [5.74, 6) is -0.323. The van der Waals surface area contributed by atoms with E-state index in [1.807, 2.05) is 34.8 Å². The van der Waals surface area contributed by atoms with E-state index >= 15 is 0 Å². The number of nitrogens with one attached hydrogen (secondary N) is 1. The molecule has 24 heavy (non-hydrogen) atoms. The molecule has 0 bridgehead atoms. The van der Waals surface area contributed by atoms with E-state index in [0.717, 1.165) is 17.9 Å². The molecule has 0 aliphatic rings. The van der Waals surface area contributed by atoms with E-state index in [4.69, 9.17) is 17.0 Å². The Balaban J connectivity index is 1.95. The summed E-state index contributed by atoms with van der Waals surface area (Å²) in [6.07, 6.45) is 1.79. The van der Waals surface area contributed by atoms with Crippen LogP contribution in [-0.2, 0) is 17.8 Å². The number of thiocarbonyl (C=S) groups is 1. The largest absolute Gasteiger partial charge is 0.462 e. The number of esters is 1. The Kier molecular flexibility index (Phi) is 6.31. The molecule has 0 spiro atoms. The zero-order chi connectivity index (χ0) is 17.5. The summed E-state index contributed by atoms with van der Waals surface area (Å²) < 4.78 is 6.90. The predicted molar refractivity (Wildman–Crippen MR) is 98.0 cm³/mol. The maximum atomic E-state index is 11.6. The molecule has 0 amide bonds. The third-order valence-corrected chi connectivity index (χ3v) is 3.91. The Morgan fingerprint density at radius 3 is 2.62 bits per heavy atom. The van der Waals surface area contributed by atoms with E-state index in [1.165, 1.54) is 0 Å². The van der Waals surface area contributed by atoms with Crippen molar-refractivity contribution in [1.82, 2.24) is 14.7 Å². The van der Waals surface area contributed by atoms with Crippen molar-refractivity contribution < 1.29 is 9.53 Å². The number of carbonyl (C=O) groups excluding carboxylic acids is 1. The van der Waals surface area contributed by atoms with E-state index in [1.54, 1.807) is 25.3 Å². The molecule has 0 aliphatic heterocycles. The highest BCUT2D eigenvalue weighted by Crippen LogP contribution is 2.12. The van der Waals surface area contributed by atoms with Gasteiger partial charge in [0.05, 0.1) is 24.4 Å². The van der Waals surface area contributed by atoms with Crippen LogP contribution < -0.4 is 5.32 Å². The van der Waals surface area contributed by atoms with Crippen LogP contribution in [0.25, 0.3) is 0 Å². The Bertz CT molecular complexity index is 697. The molecule has 1 aromatic heterocycles. The molecule has 0 fully saturated rings. The molecule has 128 valence electrons. The van der Waals surface area contributed by atoms with Gasteiger partial charge in [-0.15, -0.1) is 0 Å². The Labute approximate surface area is 147 Å². The van der Waals surface area contributed by atoms with Gasteiger partial charge in [0.15, 0.2) is 5.11 Å². The molecule has 7 heteroatoms. The normalized spacial score (nSPS) is 10.3. The van der Waals surface area contributed by atoms with Crippen LogP contribution >= 0.6 is 12.2 Å². The summed E-state index contributed by atoms with van der Waals surface area (Å²) in [5.41, 5.74) is 2.44. The predicted octanol–water partition coefficient (Wildman–Crippen LogP) is 2.91. The number of hydrogen-bond acceptors (Lipinski definition) is 4. The lowest BCUT2D eigenvalue weighted by atomic mass is 10.2. The molecule has 1 heterocycles. The first-order chi connectivity index (χ1) is 11.5. The molecular formula is C17H22N4O2S. The second kappa shape index (κ2) is 8.44. The zero-order valence-electron chi connectivity index (χ0n) is 14.2. The fraction of sp³-hybridized carbons (Fsp3) is 0.353. The Morgan fingerprint density at radius 1 is 1.29 bits per heavy atom. The molecule has 0 saturated heterocycles. The number of nitrogens with zero attached hydrogens (tertiary/aromatic N) is 3. The molecule has 1 N–H and O–H groups in total. The molecule has 0 aliphatic carbocycles. The van der Waals surface area contributed by atoms with Crippen LogP contribution in [-0.4, -0.2) is 39.4 Å². The third kappa shape index (κ3) is 4.55. The highest BCUT2D eigenvalue weighted by atomic mass is 32.1. The third-order valence-electron chi connectivity index (χ3n) is 3.50. The summed E-state index contributed by atoms with van der Waals surface area (Å²) in [7, 11) is 1.93. The highest BCUT2D eigenvalue weighted by Gasteiger charge is 2.10. The van der Waals surface area contributed by atoms with Crippen LogP contribution in [0.3, 0.4) is 0 Å². The van der Waals surface area contributed by atoms with E-state index in [0.29, 0.717) is 23.8 Å². The smallest absolute Gasteiger partial charge is 0.338 e. The van der Waals surface area contributed by atoms with Crippen molar-refractivity contribution in [2.45, 2.75) is 26.9 Å². The number of anilines is 1. The van der Waals surface area contributed by atoms with Crippen LogP contribution in [0.1, 0.15) is 29.9 Å². The van der Waals surface area contributed by atoms with Gasteiger partial charge in [0.1, 0.15) is 0 Å². The maximum Gasteiger partial charge on any atom is 0.338 e. The summed E-state index contributed by atoms with van der Waals surface area (Å²) in [6.45, 7) is 5.69. The van der Waals surface area contributed by atoms with Gasteiger partial charge in [0.2, 0.25) is 0 Å². The van der Waals surface area contributed by atoms with Crippen molar-refractivity contribution >= 4 is 29.0 Å². The van der Waals surface area contributed by atoms with Gasteiger partial charge in [0, 0.05) is 25.5 Å². The van der Waals surface area contributed by atoms with E-state index in [2.05, 4.69) is 17.3 Å². The minimum atomic E-state index is -0.323. The van der Waals surface area contributed by atoms with Crippen molar-refractivity contribution in [3.63, 3.8) is 0 Å². The minimum Gasteiger partial charge on any atom is -0.462 e. The van der Waals surface area contributed by atoms with Crippen molar-refractivity contribution in [2.24, 2.45) is 0 Å².